The molecule has 1 unspecified atom stereocenters. The molecule has 3 aromatic rings. The Labute approximate surface area is 158 Å². The van der Waals surface area contributed by atoms with Gasteiger partial charge in [0, 0.05) is 27.8 Å². The lowest BCUT2D eigenvalue weighted by molar-refractivity contribution is -0.121. The Morgan fingerprint density at radius 3 is 3.04 bits per heavy atom. The van der Waals surface area contributed by atoms with E-state index in [9.17, 15) is 4.79 Å². The number of ether oxygens (including phenoxy) is 1. The van der Waals surface area contributed by atoms with E-state index in [-0.39, 0.29) is 18.4 Å². The number of aryl methyl sites for hydroxylation is 2. The fraction of sp³-hybridized carbons (Fsp3) is 0.333. The van der Waals surface area contributed by atoms with Crippen LogP contribution in [0.4, 0.5) is 0 Å². The Kier molecular flexibility index (Phi) is 4.36. The highest BCUT2D eigenvalue weighted by Crippen LogP contribution is 2.34. The van der Waals surface area contributed by atoms with E-state index in [0.29, 0.717) is 18.2 Å². The number of carbonyl (C=O) groups is 1. The third-order valence-corrected chi connectivity index (χ3v) is 4.82. The van der Waals surface area contributed by atoms with Crippen LogP contribution < -0.4 is 10.1 Å². The van der Waals surface area contributed by atoms with Crippen LogP contribution in [0.2, 0.25) is 0 Å². The molecule has 0 aliphatic carbocycles. The van der Waals surface area contributed by atoms with Gasteiger partial charge in [-0.15, -0.1) is 5.10 Å². The minimum atomic E-state index is -0.117. The van der Waals surface area contributed by atoms with Crippen molar-refractivity contribution in [2.75, 3.05) is 6.61 Å². The van der Waals surface area contributed by atoms with Gasteiger partial charge in [0.05, 0.1) is 19.1 Å². The highest BCUT2D eigenvalue weighted by Gasteiger charge is 2.24. The number of carbonyl (C=O) groups excluding carboxylic acids is 1. The number of benzene rings is 1. The highest BCUT2D eigenvalue weighted by molar-refractivity contribution is 9.10. The summed E-state index contributed by atoms with van der Waals surface area (Å²) in [5.41, 5.74) is 2.80. The van der Waals surface area contributed by atoms with E-state index in [1.807, 2.05) is 38.1 Å². The van der Waals surface area contributed by atoms with Gasteiger partial charge in [-0.2, -0.15) is 4.98 Å². The van der Waals surface area contributed by atoms with Crippen LogP contribution in [0.1, 0.15) is 35.2 Å². The third kappa shape index (κ3) is 3.29. The van der Waals surface area contributed by atoms with Crippen molar-refractivity contribution in [2.45, 2.75) is 32.7 Å². The second-order valence-electron chi connectivity index (χ2n) is 6.39. The quantitative estimate of drug-likeness (QED) is 0.710. The number of amides is 1. The fourth-order valence-electron chi connectivity index (χ4n) is 3.19. The first-order valence-corrected chi connectivity index (χ1v) is 9.20. The second kappa shape index (κ2) is 6.68. The van der Waals surface area contributed by atoms with E-state index in [1.165, 1.54) is 0 Å². The maximum atomic E-state index is 12.5. The first-order chi connectivity index (χ1) is 12.5. The van der Waals surface area contributed by atoms with Gasteiger partial charge in [-0.25, -0.2) is 9.50 Å². The summed E-state index contributed by atoms with van der Waals surface area (Å²) in [6, 6.07) is 7.68. The molecular weight excluding hydrogens is 398 g/mol. The predicted octanol–water partition coefficient (Wildman–Crippen LogP) is 2.69. The van der Waals surface area contributed by atoms with Crippen molar-refractivity contribution in [1.29, 1.82) is 0 Å². The number of nitrogens with zero attached hydrogens (tertiary/aromatic N) is 4. The summed E-state index contributed by atoms with van der Waals surface area (Å²) in [7, 11) is 0. The van der Waals surface area contributed by atoms with Gasteiger partial charge in [0.15, 0.2) is 5.82 Å². The van der Waals surface area contributed by atoms with Crippen LogP contribution in [0, 0.1) is 13.8 Å². The molecule has 0 saturated heterocycles. The van der Waals surface area contributed by atoms with Gasteiger partial charge in [0.2, 0.25) is 5.91 Å². The molecule has 1 amide bonds. The molecule has 0 spiro atoms. The molecule has 7 nitrogen and oxygen atoms in total. The summed E-state index contributed by atoms with van der Waals surface area (Å²) in [6.45, 7) is 4.43. The SMILES string of the molecule is Cc1cc(C)n2nc(CC(=O)NC3CCOc4ccc(Br)cc43)nc2n1. The Hall–Kier alpha value is -2.48. The van der Waals surface area contributed by atoms with Crippen molar-refractivity contribution in [3.63, 3.8) is 0 Å². The molecule has 4 rings (SSSR count). The molecular formula is C18H18BrN5O2. The molecule has 0 radical (unpaired) electrons. The molecule has 0 saturated carbocycles. The average Bonchev–Trinajstić information content (AvgIpc) is 2.98. The van der Waals surface area contributed by atoms with Crippen LogP contribution in [0.3, 0.4) is 0 Å². The van der Waals surface area contributed by atoms with Crippen molar-refractivity contribution < 1.29 is 9.53 Å². The number of hydrogen-bond acceptors (Lipinski definition) is 5. The second-order valence-corrected chi connectivity index (χ2v) is 7.31. The van der Waals surface area contributed by atoms with E-state index in [1.54, 1.807) is 4.52 Å². The Morgan fingerprint density at radius 2 is 2.19 bits per heavy atom. The zero-order valence-corrected chi connectivity index (χ0v) is 16.1. The van der Waals surface area contributed by atoms with Crippen molar-refractivity contribution in [1.82, 2.24) is 24.9 Å². The van der Waals surface area contributed by atoms with E-state index >= 15 is 0 Å². The zero-order chi connectivity index (χ0) is 18.3. The topological polar surface area (TPSA) is 81.4 Å². The number of nitrogens with one attached hydrogen (secondary N) is 1. The molecule has 1 atom stereocenters. The molecule has 3 heterocycles. The minimum absolute atomic E-state index is 0.0807. The molecule has 1 N–H and O–H groups in total. The lowest BCUT2D eigenvalue weighted by atomic mass is 10.0. The average molecular weight is 416 g/mol. The maximum Gasteiger partial charge on any atom is 0.252 e. The molecule has 0 fully saturated rings. The number of aromatic nitrogens is 4. The van der Waals surface area contributed by atoms with Crippen LogP contribution >= 0.6 is 15.9 Å². The van der Waals surface area contributed by atoms with Gasteiger partial charge in [-0.05, 0) is 38.1 Å². The molecule has 1 aromatic carbocycles. The summed E-state index contributed by atoms with van der Waals surface area (Å²) >= 11 is 3.47. The van der Waals surface area contributed by atoms with E-state index in [2.05, 4.69) is 36.3 Å². The van der Waals surface area contributed by atoms with E-state index in [4.69, 9.17) is 4.74 Å². The number of rotatable bonds is 3. The monoisotopic (exact) mass is 415 g/mol. The summed E-state index contributed by atoms with van der Waals surface area (Å²) in [5, 5.41) is 7.47. The summed E-state index contributed by atoms with van der Waals surface area (Å²) in [4.78, 5) is 21.3. The zero-order valence-electron chi connectivity index (χ0n) is 14.5. The van der Waals surface area contributed by atoms with Crippen molar-refractivity contribution in [2.24, 2.45) is 0 Å². The first-order valence-electron chi connectivity index (χ1n) is 8.41. The molecule has 0 bridgehead atoms. The summed E-state index contributed by atoms with van der Waals surface area (Å²) < 4.78 is 8.29. The summed E-state index contributed by atoms with van der Waals surface area (Å²) in [5.74, 6) is 1.68. The molecule has 8 heteroatoms. The van der Waals surface area contributed by atoms with Gasteiger partial charge in [0.1, 0.15) is 5.75 Å². The Bertz CT molecular complexity index is 1000. The van der Waals surface area contributed by atoms with Gasteiger partial charge >= 0.3 is 0 Å². The molecule has 1 aliphatic rings. The number of halogens is 1. The van der Waals surface area contributed by atoms with Crippen molar-refractivity contribution in [3.05, 3.63) is 51.5 Å². The predicted molar refractivity (Wildman–Crippen MR) is 99.1 cm³/mol. The largest absolute Gasteiger partial charge is 0.493 e. The lowest BCUT2D eigenvalue weighted by Gasteiger charge is -2.26. The smallest absolute Gasteiger partial charge is 0.252 e. The maximum absolute atomic E-state index is 12.5. The minimum Gasteiger partial charge on any atom is -0.493 e. The van der Waals surface area contributed by atoms with Crippen molar-refractivity contribution in [3.8, 4) is 5.75 Å². The van der Waals surface area contributed by atoms with Gasteiger partial charge in [0.25, 0.3) is 5.78 Å². The molecule has 26 heavy (non-hydrogen) atoms. The summed E-state index contributed by atoms with van der Waals surface area (Å²) in [6.07, 6.45) is 0.843. The van der Waals surface area contributed by atoms with Gasteiger partial charge in [-0.1, -0.05) is 15.9 Å². The van der Waals surface area contributed by atoms with Crippen LogP contribution in [0.15, 0.2) is 28.7 Å². The van der Waals surface area contributed by atoms with Crippen molar-refractivity contribution >= 4 is 27.6 Å². The molecule has 134 valence electrons. The standard InChI is InChI=1S/C18H18BrN5O2/c1-10-7-11(2)24-18(20-10)22-16(23-24)9-17(25)21-14-5-6-26-15-4-3-12(19)8-13(14)15/h3-4,7-8,14H,5-6,9H2,1-2H3,(H,21,25). The van der Waals surface area contributed by atoms with Crippen LogP contribution in [-0.2, 0) is 11.2 Å². The third-order valence-electron chi connectivity index (χ3n) is 4.33. The highest BCUT2D eigenvalue weighted by atomic mass is 79.9. The normalized spacial score (nSPS) is 16.2. The lowest BCUT2D eigenvalue weighted by Crippen LogP contribution is -2.33. The first kappa shape index (κ1) is 17.0. The Morgan fingerprint density at radius 1 is 1.35 bits per heavy atom. The van der Waals surface area contributed by atoms with E-state index < -0.39 is 0 Å². The van der Waals surface area contributed by atoms with Crippen LogP contribution in [0.5, 0.6) is 5.75 Å². The van der Waals surface area contributed by atoms with Gasteiger partial charge < -0.3 is 10.1 Å². The van der Waals surface area contributed by atoms with Crippen LogP contribution in [0.25, 0.3) is 5.78 Å². The van der Waals surface area contributed by atoms with Crippen LogP contribution in [-0.4, -0.2) is 32.1 Å². The van der Waals surface area contributed by atoms with E-state index in [0.717, 1.165) is 33.6 Å². The number of fused-ring (bicyclic) bond motifs is 2. The molecule has 2 aromatic heterocycles. The number of hydrogen-bond donors (Lipinski definition) is 1. The van der Waals surface area contributed by atoms with Gasteiger partial charge in [-0.3, -0.25) is 4.79 Å². The fourth-order valence-corrected chi connectivity index (χ4v) is 3.57. The Balaban J connectivity index is 1.52. The molecule has 1 aliphatic heterocycles.